The molecule has 0 saturated heterocycles. The standard InChI is InChI=1S/C15H22N2OS/c1-4-7-15(11-16,8-5-2)14(18)17-12(3)13-6-9-19-10-13/h6,9-10,12H,4-5,7-8H2,1-3H3,(H,17,18). The Bertz CT molecular complexity index is 427. The summed E-state index contributed by atoms with van der Waals surface area (Å²) in [6.45, 7) is 5.98. The number of carbonyl (C=O) groups is 1. The predicted molar refractivity (Wildman–Crippen MR) is 78.7 cm³/mol. The maximum Gasteiger partial charge on any atom is 0.240 e. The lowest BCUT2D eigenvalue weighted by Crippen LogP contribution is -2.41. The number of hydrogen-bond donors (Lipinski definition) is 1. The minimum atomic E-state index is -0.867. The molecule has 0 aromatic carbocycles. The quantitative estimate of drug-likeness (QED) is 0.818. The molecule has 1 rings (SSSR count). The van der Waals surface area contributed by atoms with Crippen LogP contribution in [-0.4, -0.2) is 5.91 Å². The molecule has 0 aliphatic rings. The Kier molecular flexibility index (Phi) is 6.04. The largest absolute Gasteiger partial charge is 0.348 e. The zero-order valence-corrected chi connectivity index (χ0v) is 12.7. The lowest BCUT2D eigenvalue weighted by molar-refractivity contribution is -0.129. The van der Waals surface area contributed by atoms with E-state index >= 15 is 0 Å². The second-order valence-corrected chi connectivity index (χ2v) is 5.73. The van der Waals surface area contributed by atoms with Gasteiger partial charge in [-0.15, -0.1) is 0 Å². The molecule has 1 aromatic heterocycles. The van der Waals surface area contributed by atoms with Gasteiger partial charge in [0.2, 0.25) is 5.91 Å². The average molecular weight is 278 g/mol. The third-order valence-electron chi connectivity index (χ3n) is 3.39. The highest BCUT2D eigenvalue weighted by molar-refractivity contribution is 7.07. The Balaban J connectivity index is 2.80. The molecule has 0 aliphatic carbocycles. The van der Waals surface area contributed by atoms with Gasteiger partial charge in [0.25, 0.3) is 0 Å². The summed E-state index contributed by atoms with van der Waals surface area (Å²) in [4.78, 5) is 12.5. The molecule has 1 heterocycles. The fourth-order valence-corrected chi connectivity index (χ4v) is 3.06. The molecule has 0 fully saturated rings. The summed E-state index contributed by atoms with van der Waals surface area (Å²) in [5.41, 5.74) is 0.228. The summed E-state index contributed by atoms with van der Waals surface area (Å²) in [7, 11) is 0. The van der Waals surface area contributed by atoms with Gasteiger partial charge in [0, 0.05) is 0 Å². The molecule has 0 spiro atoms. The number of hydrogen-bond acceptors (Lipinski definition) is 3. The van der Waals surface area contributed by atoms with E-state index in [-0.39, 0.29) is 11.9 Å². The molecule has 1 aromatic rings. The molecular weight excluding hydrogens is 256 g/mol. The van der Waals surface area contributed by atoms with Crippen molar-refractivity contribution in [3.63, 3.8) is 0 Å². The first kappa shape index (κ1) is 15.7. The number of carbonyl (C=O) groups excluding carboxylic acids is 1. The van der Waals surface area contributed by atoms with E-state index < -0.39 is 5.41 Å². The fourth-order valence-electron chi connectivity index (χ4n) is 2.31. The van der Waals surface area contributed by atoms with Crippen LogP contribution < -0.4 is 5.32 Å². The zero-order valence-electron chi connectivity index (χ0n) is 11.9. The fraction of sp³-hybridized carbons (Fsp3) is 0.600. The van der Waals surface area contributed by atoms with Crippen molar-refractivity contribution in [1.29, 1.82) is 5.26 Å². The molecule has 1 atom stereocenters. The van der Waals surface area contributed by atoms with Crippen molar-refractivity contribution in [2.45, 2.75) is 52.5 Å². The summed E-state index contributed by atoms with van der Waals surface area (Å²) in [6, 6.07) is 4.22. The van der Waals surface area contributed by atoms with Crippen LogP contribution in [-0.2, 0) is 4.79 Å². The number of nitrogens with one attached hydrogen (secondary N) is 1. The molecule has 0 saturated carbocycles. The Morgan fingerprint density at radius 1 is 1.47 bits per heavy atom. The molecular formula is C15H22N2OS. The number of amides is 1. The van der Waals surface area contributed by atoms with Crippen molar-refractivity contribution in [2.24, 2.45) is 5.41 Å². The minimum absolute atomic E-state index is 0.0415. The first-order valence-electron chi connectivity index (χ1n) is 6.84. The van der Waals surface area contributed by atoms with Crippen molar-refractivity contribution < 1.29 is 4.79 Å². The highest BCUT2D eigenvalue weighted by Gasteiger charge is 2.37. The van der Waals surface area contributed by atoms with E-state index in [9.17, 15) is 10.1 Å². The third kappa shape index (κ3) is 3.81. The Morgan fingerprint density at radius 2 is 2.11 bits per heavy atom. The van der Waals surface area contributed by atoms with Gasteiger partial charge in [-0.05, 0) is 42.2 Å². The van der Waals surface area contributed by atoms with Gasteiger partial charge in [0.05, 0.1) is 12.1 Å². The summed E-state index contributed by atoms with van der Waals surface area (Å²) >= 11 is 1.61. The molecule has 0 bridgehead atoms. The molecule has 1 N–H and O–H groups in total. The molecule has 1 unspecified atom stereocenters. The Labute approximate surface area is 119 Å². The highest BCUT2D eigenvalue weighted by Crippen LogP contribution is 2.30. The van der Waals surface area contributed by atoms with Crippen LogP contribution in [0.3, 0.4) is 0 Å². The second kappa shape index (κ2) is 7.30. The maximum atomic E-state index is 12.5. The lowest BCUT2D eigenvalue weighted by Gasteiger charge is -2.26. The van der Waals surface area contributed by atoms with Gasteiger partial charge in [0.15, 0.2) is 0 Å². The topological polar surface area (TPSA) is 52.9 Å². The van der Waals surface area contributed by atoms with Crippen LogP contribution in [0.15, 0.2) is 16.8 Å². The average Bonchev–Trinajstić information content (AvgIpc) is 2.92. The molecule has 4 heteroatoms. The van der Waals surface area contributed by atoms with Crippen LogP contribution in [0, 0.1) is 16.7 Å². The van der Waals surface area contributed by atoms with Crippen molar-refractivity contribution in [3.05, 3.63) is 22.4 Å². The molecule has 0 radical (unpaired) electrons. The third-order valence-corrected chi connectivity index (χ3v) is 4.09. The van der Waals surface area contributed by atoms with Crippen LogP contribution in [0.25, 0.3) is 0 Å². The van der Waals surface area contributed by atoms with E-state index in [2.05, 4.69) is 11.4 Å². The minimum Gasteiger partial charge on any atom is -0.348 e. The molecule has 104 valence electrons. The molecule has 1 amide bonds. The van der Waals surface area contributed by atoms with E-state index in [4.69, 9.17) is 0 Å². The van der Waals surface area contributed by atoms with Gasteiger partial charge in [-0.3, -0.25) is 4.79 Å². The predicted octanol–water partition coefficient (Wildman–Crippen LogP) is 4.04. The summed E-state index contributed by atoms with van der Waals surface area (Å²) in [5.74, 6) is -0.127. The van der Waals surface area contributed by atoms with Crippen molar-refractivity contribution in [2.75, 3.05) is 0 Å². The Morgan fingerprint density at radius 3 is 2.53 bits per heavy atom. The second-order valence-electron chi connectivity index (χ2n) is 4.95. The first-order chi connectivity index (χ1) is 9.09. The van der Waals surface area contributed by atoms with Gasteiger partial charge < -0.3 is 5.32 Å². The summed E-state index contributed by atoms with van der Waals surface area (Å²) in [5, 5.41) is 16.5. The number of nitriles is 1. The van der Waals surface area contributed by atoms with Crippen LogP contribution >= 0.6 is 11.3 Å². The van der Waals surface area contributed by atoms with E-state index in [1.54, 1.807) is 11.3 Å². The van der Waals surface area contributed by atoms with Crippen molar-refractivity contribution in [1.82, 2.24) is 5.32 Å². The van der Waals surface area contributed by atoms with Crippen LogP contribution in [0.4, 0.5) is 0 Å². The summed E-state index contributed by atoms with van der Waals surface area (Å²) in [6.07, 6.45) is 2.93. The maximum absolute atomic E-state index is 12.5. The van der Waals surface area contributed by atoms with Crippen molar-refractivity contribution in [3.8, 4) is 6.07 Å². The van der Waals surface area contributed by atoms with E-state index in [1.165, 1.54) is 0 Å². The number of nitrogens with zero attached hydrogens (tertiary/aromatic N) is 1. The van der Waals surface area contributed by atoms with E-state index in [0.717, 1.165) is 18.4 Å². The zero-order chi connectivity index (χ0) is 14.3. The van der Waals surface area contributed by atoms with Crippen LogP contribution in [0.1, 0.15) is 58.1 Å². The van der Waals surface area contributed by atoms with Crippen molar-refractivity contribution >= 4 is 17.2 Å². The molecule has 3 nitrogen and oxygen atoms in total. The Hall–Kier alpha value is -1.34. The van der Waals surface area contributed by atoms with E-state index in [0.29, 0.717) is 12.8 Å². The molecule has 19 heavy (non-hydrogen) atoms. The SMILES string of the molecule is CCCC(C#N)(CCC)C(=O)NC(C)c1ccsc1. The number of thiophene rings is 1. The molecule has 0 aliphatic heterocycles. The van der Waals surface area contributed by atoms with Gasteiger partial charge in [0.1, 0.15) is 5.41 Å². The normalized spacial score (nSPS) is 12.7. The lowest BCUT2D eigenvalue weighted by atomic mass is 9.79. The monoisotopic (exact) mass is 278 g/mol. The van der Waals surface area contributed by atoms with Crippen LogP contribution in [0.2, 0.25) is 0 Å². The highest BCUT2D eigenvalue weighted by atomic mass is 32.1. The number of rotatable bonds is 7. The van der Waals surface area contributed by atoms with Gasteiger partial charge >= 0.3 is 0 Å². The first-order valence-corrected chi connectivity index (χ1v) is 7.78. The van der Waals surface area contributed by atoms with E-state index in [1.807, 2.05) is 37.6 Å². The summed E-state index contributed by atoms with van der Waals surface area (Å²) < 4.78 is 0. The smallest absolute Gasteiger partial charge is 0.240 e. The van der Waals surface area contributed by atoms with Crippen LogP contribution in [0.5, 0.6) is 0 Å². The van der Waals surface area contributed by atoms with Gasteiger partial charge in [-0.25, -0.2) is 0 Å². The van der Waals surface area contributed by atoms with Gasteiger partial charge in [-0.1, -0.05) is 26.7 Å². The van der Waals surface area contributed by atoms with Gasteiger partial charge in [-0.2, -0.15) is 16.6 Å².